The average Bonchev–Trinajstić information content (AvgIpc) is 3.44. The molecule has 6 nitrogen and oxygen atoms in total. The SMILES string of the molecule is CC(C)(C)c1cc(B2OC(C)(C)C(C)(C)O2)cc(C(C)(C)C)c1.CC(C)(C)c1cc(Br)cc(C(C)(C)C)c1.CC1(C)OB(B2OC(C)(C)C(C)(C)O2)OC1(C)C. The fraction of sp³-hybridized carbons (Fsp3) is 0.739. The van der Waals surface area contributed by atoms with E-state index in [9.17, 15) is 0 Å². The van der Waals surface area contributed by atoms with Crippen LogP contribution in [0.3, 0.4) is 0 Å². The van der Waals surface area contributed by atoms with Gasteiger partial charge in [-0.3, -0.25) is 0 Å². The molecule has 0 radical (unpaired) electrons. The van der Waals surface area contributed by atoms with Crippen molar-refractivity contribution < 1.29 is 27.9 Å². The van der Waals surface area contributed by atoms with E-state index in [2.05, 4.69) is 163 Å². The van der Waals surface area contributed by atoms with Crippen molar-refractivity contribution in [2.45, 2.75) is 221 Å². The third-order valence-electron chi connectivity index (χ3n) is 12.6. The molecular formula is C46H78B3BrO6. The lowest BCUT2D eigenvalue weighted by atomic mass is 9.49. The summed E-state index contributed by atoms with van der Waals surface area (Å²) in [4.78, 5) is 0. The highest BCUT2D eigenvalue weighted by Crippen LogP contribution is 2.43. The molecule has 2 aromatic carbocycles. The predicted molar refractivity (Wildman–Crippen MR) is 243 cm³/mol. The van der Waals surface area contributed by atoms with Crippen molar-refractivity contribution in [3.05, 3.63) is 63.1 Å². The number of hydrogen-bond donors (Lipinski definition) is 0. The molecule has 3 heterocycles. The molecule has 10 heteroatoms. The lowest BCUT2D eigenvalue weighted by molar-refractivity contribution is 0.00578. The molecule has 0 unspecified atom stereocenters. The second kappa shape index (κ2) is 15.7. The lowest BCUT2D eigenvalue weighted by Crippen LogP contribution is -2.41. The highest BCUT2D eigenvalue weighted by atomic mass is 79.9. The molecule has 0 atom stereocenters. The minimum atomic E-state index is -0.476. The zero-order chi connectivity index (χ0) is 43.7. The highest BCUT2D eigenvalue weighted by molar-refractivity contribution is 9.10. The number of rotatable bonds is 2. The number of hydrogen-bond acceptors (Lipinski definition) is 6. The van der Waals surface area contributed by atoms with E-state index in [0.717, 1.165) is 5.46 Å². The van der Waals surface area contributed by atoms with Gasteiger partial charge in [0.15, 0.2) is 0 Å². The molecule has 3 aliphatic heterocycles. The van der Waals surface area contributed by atoms with Crippen LogP contribution in [-0.2, 0) is 49.6 Å². The van der Waals surface area contributed by atoms with E-state index in [4.69, 9.17) is 27.9 Å². The second-order valence-electron chi connectivity index (χ2n) is 23.4. The molecule has 5 rings (SSSR count). The average molecular weight is 839 g/mol. The Labute approximate surface area is 353 Å². The molecule has 314 valence electrons. The summed E-state index contributed by atoms with van der Waals surface area (Å²) >= 11 is 3.60. The van der Waals surface area contributed by atoms with E-state index in [1.54, 1.807) is 0 Å². The van der Waals surface area contributed by atoms with Crippen LogP contribution in [0.5, 0.6) is 0 Å². The van der Waals surface area contributed by atoms with Gasteiger partial charge in [-0.1, -0.05) is 123 Å². The maximum atomic E-state index is 6.26. The van der Waals surface area contributed by atoms with Crippen LogP contribution in [0.1, 0.15) is 188 Å². The van der Waals surface area contributed by atoms with E-state index in [0.29, 0.717) is 0 Å². The maximum Gasteiger partial charge on any atom is 0.494 e. The Kier molecular flexibility index (Phi) is 13.8. The normalized spacial score (nSPS) is 22.3. The summed E-state index contributed by atoms with van der Waals surface area (Å²) in [7, 11) is -1.25. The minimum absolute atomic E-state index is 0.0969. The van der Waals surface area contributed by atoms with Crippen molar-refractivity contribution in [3.8, 4) is 0 Å². The fourth-order valence-corrected chi connectivity index (χ4v) is 6.58. The van der Waals surface area contributed by atoms with Crippen molar-refractivity contribution in [1.82, 2.24) is 0 Å². The Morgan fingerprint density at radius 3 is 0.804 bits per heavy atom. The Balaban J connectivity index is 0.000000231. The van der Waals surface area contributed by atoms with Crippen molar-refractivity contribution in [3.63, 3.8) is 0 Å². The third-order valence-corrected chi connectivity index (χ3v) is 13.1. The van der Waals surface area contributed by atoms with Gasteiger partial charge in [0.25, 0.3) is 0 Å². The minimum Gasteiger partial charge on any atom is -0.405 e. The molecule has 3 saturated heterocycles. The quantitative estimate of drug-likeness (QED) is 0.281. The van der Waals surface area contributed by atoms with Gasteiger partial charge in [-0.2, -0.15) is 0 Å². The smallest absolute Gasteiger partial charge is 0.405 e. The van der Waals surface area contributed by atoms with Gasteiger partial charge in [0, 0.05) is 4.47 Å². The van der Waals surface area contributed by atoms with Crippen LogP contribution in [0.25, 0.3) is 0 Å². The number of benzene rings is 2. The molecule has 0 N–H and O–H groups in total. The van der Waals surface area contributed by atoms with E-state index >= 15 is 0 Å². The summed E-state index contributed by atoms with van der Waals surface area (Å²) in [5.74, 6) is 0. The fourth-order valence-electron chi connectivity index (χ4n) is 6.09. The van der Waals surface area contributed by atoms with Crippen molar-refractivity contribution in [2.24, 2.45) is 0 Å². The van der Waals surface area contributed by atoms with Crippen molar-refractivity contribution in [1.29, 1.82) is 0 Å². The first-order chi connectivity index (χ1) is 24.6. The van der Waals surface area contributed by atoms with Gasteiger partial charge in [-0.05, 0) is 145 Å². The van der Waals surface area contributed by atoms with Gasteiger partial charge in [-0.25, -0.2) is 0 Å². The largest absolute Gasteiger partial charge is 0.494 e. The molecule has 3 fully saturated rings. The molecule has 0 bridgehead atoms. The molecule has 2 aromatic rings. The first-order valence-corrected chi connectivity index (χ1v) is 21.5. The van der Waals surface area contributed by atoms with Crippen LogP contribution in [0.4, 0.5) is 0 Å². The first-order valence-electron chi connectivity index (χ1n) is 20.7. The van der Waals surface area contributed by atoms with E-state index < -0.39 is 14.0 Å². The topological polar surface area (TPSA) is 55.4 Å². The van der Waals surface area contributed by atoms with E-state index in [1.165, 1.54) is 26.7 Å². The molecule has 0 aromatic heterocycles. The molecule has 0 saturated carbocycles. The van der Waals surface area contributed by atoms with Crippen LogP contribution in [0.2, 0.25) is 0 Å². The maximum absolute atomic E-state index is 6.26. The summed E-state index contributed by atoms with van der Waals surface area (Å²) in [6, 6.07) is 13.6. The molecule has 0 spiro atoms. The van der Waals surface area contributed by atoms with Crippen LogP contribution in [0.15, 0.2) is 40.9 Å². The molecule has 0 aliphatic carbocycles. The number of halogens is 1. The van der Waals surface area contributed by atoms with Crippen LogP contribution in [0, 0.1) is 0 Å². The van der Waals surface area contributed by atoms with Gasteiger partial charge < -0.3 is 27.9 Å². The monoisotopic (exact) mass is 839 g/mol. The predicted octanol–water partition coefficient (Wildman–Crippen LogP) is 11.9. The Morgan fingerprint density at radius 1 is 0.357 bits per heavy atom. The molecule has 56 heavy (non-hydrogen) atoms. The van der Waals surface area contributed by atoms with Gasteiger partial charge in [-0.15, -0.1) is 0 Å². The van der Waals surface area contributed by atoms with Crippen molar-refractivity contribution >= 4 is 42.5 Å². The van der Waals surface area contributed by atoms with Gasteiger partial charge >= 0.3 is 21.1 Å². The Bertz CT molecular complexity index is 1540. The summed E-state index contributed by atoms with van der Waals surface area (Å²) in [6.45, 7) is 51.6. The van der Waals surface area contributed by atoms with Gasteiger partial charge in [0.05, 0.1) is 33.6 Å². The van der Waals surface area contributed by atoms with Gasteiger partial charge in [0.2, 0.25) is 0 Å². The summed E-state index contributed by atoms with van der Waals surface area (Å²) in [5.41, 5.74) is 5.13. The standard InChI is InChI=1S/C20H33BO2.C14H21Br.C12H24B2O4/c1-17(2,3)14-11-15(18(4,5)6)13-16(12-14)21-22-19(7,8)20(9,10)23-21;1-13(2,3)10-7-11(14(4,5)6)9-12(15)8-10;1-9(2)10(3,4)16-13(15-9)14-17-11(5,6)12(7,8)18-14/h11-13H,1-10H3;7-9H,1-6H3;1-8H3. The summed E-state index contributed by atoms with van der Waals surface area (Å²) < 4.78 is 37.6. The Morgan fingerprint density at radius 2 is 0.571 bits per heavy atom. The van der Waals surface area contributed by atoms with E-state index in [1.807, 2.05) is 55.4 Å². The van der Waals surface area contributed by atoms with Crippen LogP contribution in [-0.4, -0.2) is 54.7 Å². The molecule has 3 aliphatic rings. The zero-order valence-corrected chi connectivity index (χ0v) is 41.6. The van der Waals surface area contributed by atoms with Crippen LogP contribution >= 0.6 is 15.9 Å². The summed E-state index contributed by atoms with van der Waals surface area (Å²) in [6.07, 6.45) is 0. The molecule has 0 amide bonds. The Hall–Kier alpha value is -1.13. The highest BCUT2D eigenvalue weighted by Gasteiger charge is 2.63. The molecular weight excluding hydrogens is 761 g/mol. The second-order valence-corrected chi connectivity index (χ2v) is 24.3. The van der Waals surface area contributed by atoms with Gasteiger partial charge in [0.1, 0.15) is 0 Å². The van der Waals surface area contributed by atoms with Crippen molar-refractivity contribution in [2.75, 3.05) is 0 Å². The lowest BCUT2D eigenvalue weighted by Gasteiger charge is -2.32. The van der Waals surface area contributed by atoms with E-state index in [-0.39, 0.29) is 62.4 Å². The zero-order valence-electron chi connectivity index (χ0n) is 40.0. The third kappa shape index (κ3) is 11.4. The first kappa shape index (κ1) is 49.2. The summed E-state index contributed by atoms with van der Waals surface area (Å²) in [5, 5.41) is 0. The van der Waals surface area contributed by atoms with Crippen LogP contribution < -0.4 is 5.46 Å².